The molecule has 5 rings (SSSR count). The Bertz CT molecular complexity index is 1120. The summed E-state index contributed by atoms with van der Waals surface area (Å²) >= 11 is 0. The van der Waals surface area contributed by atoms with E-state index in [-0.39, 0.29) is 36.7 Å². The predicted molar refractivity (Wildman–Crippen MR) is 129 cm³/mol. The lowest BCUT2D eigenvalue weighted by Gasteiger charge is -2.27. The summed E-state index contributed by atoms with van der Waals surface area (Å²) in [5.41, 5.74) is 2.24. The van der Waals surface area contributed by atoms with E-state index in [9.17, 15) is 14.4 Å². The van der Waals surface area contributed by atoms with Crippen molar-refractivity contribution >= 4 is 47.8 Å². The lowest BCUT2D eigenvalue weighted by Crippen LogP contribution is -2.39. The van der Waals surface area contributed by atoms with E-state index in [0.717, 1.165) is 54.6 Å². The van der Waals surface area contributed by atoms with E-state index in [1.165, 1.54) is 0 Å². The van der Waals surface area contributed by atoms with Crippen molar-refractivity contribution in [3.05, 3.63) is 47.2 Å². The van der Waals surface area contributed by atoms with E-state index in [1.807, 2.05) is 12.3 Å². The standard InChI is InChI=1S/C24H26N4O5.ClH/c1-24(2)22(30)28(23(31)33-24)14-15-3-4-20-18(10-15)19(21(29)26-20)11-17-9-16(12-25-17)13-27-5-7-32-8-6-27;/h3-4,9-12,16H,5-8,13-14H2,1-2H3,(H,26,29);1H. The fourth-order valence-corrected chi connectivity index (χ4v) is 4.42. The number of anilines is 1. The first-order chi connectivity index (χ1) is 15.8. The molecule has 2 fully saturated rings. The summed E-state index contributed by atoms with van der Waals surface area (Å²) in [6.07, 6.45) is 5.11. The maximum Gasteiger partial charge on any atom is 0.418 e. The summed E-state index contributed by atoms with van der Waals surface area (Å²) in [7, 11) is 0. The molecule has 0 aromatic heterocycles. The molecule has 1 aromatic carbocycles. The molecule has 1 atom stereocenters. The van der Waals surface area contributed by atoms with Crippen LogP contribution >= 0.6 is 12.4 Å². The molecule has 4 aliphatic heterocycles. The van der Waals surface area contributed by atoms with Gasteiger partial charge >= 0.3 is 6.09 Å². The Kier molecular flexibility index (Phi) is 6.62. The smallest absolute Gasteiger partial charge is 0.418 e. The zero-order valence-corrected chi connectivity index (χ0v) is 19.9. The van der Waals surface area contributed by atoms with E-state index in [2.05, 4.69) is 21.3 Å². The van der Waals surface area contributed by atoms with Crippen LogP contribution in [0.1, 0.15) is 25.0 Å². The highest BCUT2D eigenvalue weighted by atomic mass is 35.5. The van der Waals surface area contributed by atoms with Gasteiger partial charge in [-0.05, 0) is 43.7 Å². The minimum absolute atomic E-state index is 0. The molecule has 0 spiro atoms. The quantitative estimate of drug-likeness (QED) is 0.642. The number of nitrogens with one attached hydrogen (secondary N) is 1. The third-order valence-corrected chi connectivity index (χ3v) is 6.20. The molecule has 4 heterocycles. The van der Waals surface area contributed by atoms with E-state index >= 15 is 0 Å². The number of carbonyl (C=O) groups excluding carboxylic acids is 3. The number of fused-ring (bicyclic) bond motifs is 1. The van der Waals surface area contributed by atoms with Crippen molar-refractivity contribution in [3.8, 4) is 0 Å². The van der Waals surface area contributed by atoms with Crippen LogP contribution < -0.4 is 5.32 Å². The van der Waals surface area contributed by atoms with E-state index in [4.69, 9.17) is 9.47 Å². The number of amides is 3. The van der Waals surface area contributed by atoms with E-state index in [0.29, 0.717) is 11.3 Å². The van der Waals surface area contributed by atoms with Gasteiger partial charge in [0, 0.05) is 43.0 Å². The third-order valence-electron chi connectivity index (χ3n) is 6.20. The van der Waals surface area contributed by atoms with Crippen molar-refractivity contribution in [2.75, 3.05) is 38.2 Å². The summed E-state index contributed by atoms with van der Waals surface area (Å²) < 4.78 is 10.6. The highest BCUT2D eigenvalue weighted by Crippen LogP contribution is 2.35. The molecule has 3 amide bonds. The number of benzene rings is 1. The Hall–Kier alpha value is -3.01. The number of halogens is 1. The third kappa shape index (κ3) is 4.64. The van der Waals surface area contributed by atoms with Gasteiger partial charge in [0.1, 0.15) is 0 Å². The zero-order chi connectivity index (χ0) is 23.2. The van der Waals surface area contributed by atoms with Gasteiger partial charge < -0.3 is 14.8 Å². The average Bonchev–Trinajstić information content (AvgIpc) is 3.40. The normalized spacial score (nSPS) is 24.7. The molecular formula is C24H27ClN4O5. The number of morpholine rings is 1. The Morgan fingerprint density at radius 3 is 2.68 bits per heavy atom. The Labute approximate surface area is 203 Å². The summed E-state index contributed by atoms with van der Waals surface area (Å²) in [6.45, 7) is 7.43. The second kappa shape index (κ2) is 9.32. The first-order valence-corrected chi connectivity index (χ1v) is 11.1. The van der Waals surface area contributed by atoms with Crippen LogP contribution in [0.3, 0.4) is 0 Å². The van der Waals surface area contributed by atoms with Crippen molar-refractivity contribution in [1.82, 2.24) is 9.80 Å². The summed E-state index contributed by atoms with van der Waals surface area (Å²) in [6, 6.07) is 5.41. The molecule has 0 radical (unpaired) electrons. The van der Waals surface area contributed by atoms with Crippen LogP contribution in [-0.2, 0) is 25.6 Å². The monoisotopic (exact) mass is 486 g/mol. The van der Waals surface area contributed by atoms with Gasteiger partial charge in [0.05, 0.1) is 31.0 Å². The maximum absolute atomic E-state index is 12.6. The van der Waals surface area contributed by atoms with Gasteiger partial charge in [-0.2, -0.15) is 0 Å². The Balaban J connectivity index is 0.00000274. The van der Waals surface area contributed by atoms with Crippen LogP contribution in [0.4, 0.5) is 10.5 Å². The van der Waals surface area contributed by atoms with Gasteiger partial charge in [-0.25, -0.2) is 9.69 Å². The number of imide groups is 1. The maximum atomic E-state index is 12.6. The molecule has 10 heteroatoms. The second-order valence-corrected chi connectivity index (χ2v) is 9.11. The fourth-order valence-electron chi connectivity index (χ4n) is 4.42. The van der Waals surface area contributed by atoms with Gasteiger partial charge in [0.2, 0.25) is 0 Å². The minimum Gasteiger partial charge on any atom is -0.433 e. The molecule has 2 saturated heterocycles. The SMILES string of the molecule is CC1(C)OC(=O)N(Cc2ccc3c(c2)C(=CC2=CC(CN4CCOCC4)C=N2)C(=O)N3)C1=O.Cl. The Morgan fingerprint density at radius 1 is 1.21 bits per heavy atom. The van der Waals surface area contributed by atoms with Crippen molar-refractivity contribution in [3.63, 3.8) is 0 Å². The highest BCUT2D eigenvalue weighted by molar-refractivity contribution is 6.32. The van der Waals surface area contributed by atoms with Crippen molar-refractivity contribution in [2.45, 2.75) is 26.0 Å². The van der Waals surface area contributed by atoms with Crippen LogP contribution in [0.2, 0.25) is 0 Å². The molecule has 0 saturated carbocycles. The number of aliphatic imine (C=N–C) groups is 1. The van der Waals surface area contributed by atoms with Crippen LogP contribution in [0.5, 0.6) is 0 Å². The Morgan fingerprint density at radius 2 is 1.97 bits per heavy atom. The van der Waals surface area contributed by atoms with Crippen LogP contribution in [0.25, 0.3) is 5.57 Å². The molecule has 34 heavy (non-hydrogen) atoms. The van der Waals surface area contributed by atoms with Gasteiger partial charge in [-0.15, -0.1) is 12.4 Å². The van der Waals surface area contributed by atoms with Crippen LogP contribution in [0.15, 0.2) is 41.0 Å². The number of allylic oxidation sites excluding steroid dienone is 1. The number of carbonyl (C=O) groups is 3. The van der Waals surface area contributed by atoms with E-state index in [1.54, 1.807) is 32.1 Å². The first-order valence-electron chi connectivity index (χ1n) is 11.1. The molecule has 0 bridgehead atoms. The number of hydrogen-bond acceptors (Lipinski definition) is 7. The average molecular weight is 487 g/mol. The molecular weight excluding hydrogens is 460 g/mol. The summed E-state index contributed by atoms with van der Waals surface area (Å²) in [5, 5.41) is 2.87. The molecule has 1 N–H and O–H groups in total. The lowest BCUT2D eigenvalue weighted by atomic mass is 10.0. The van der Waals surface area contributed by atoms with Gasteiger partial charge in [0.15, 0.2) is 5.60 Å². The van der Waals surface area contributed by atoms with Gasteiger partial charge in [-0.1, -0.05) is 6.07 Å². The fraction of sp³-hybridized carbons (Fsp3) is 0.417. The zero-order valence-electron chi connectivity index (χ0n) is 19.1. The number of ether oxygens (including phenoxy) is 2. The predicted octanol–water partition coefficient (Wildman–Crippen LogP) is 2.62. The van der Waals surface area contributed by atoms with E-state index < -0.39 is 11.7 Å². The molecule has 9 nitrogen and oxygen atoms in total. The number of nitrogens with zero attached hydrogens (tertiary/aromatic N) is 3. The molecule has 180 valence electrons. The topological polar surface area (TPSA) is 101 Å². The minimum atomic E-state index is -1.17. The van der Waals surface area contributed by atoms with Gasteiger partial charge in [0.25, 0.3) is 11.8 Å². The van der Waals surface area contributed by atoms with Crippen molar-refractivity contribution in [2.24, 2.45) is 10.9 Å². The summed E-state index contributed by atoms with van der Waals surface area (Å²) in [4.78, 5) is 45.2. The number of hydrogen-bond donors (Lipinski definition) is 1. The van der Waals surface area contributed by atoms with Gasteiger partial charge in [-0.3, -0.25) is 19.5 Å². The van der Waals surface area contributed by atoms with Crippen LogP contribution in [-0.4, -0.2) is 72.4 Å². The number of cyclic esters (lactones) is 1. The van der Waals surface area contributed by atoms with Crippen molar-refractivity contribution in [1.29, 1.82) is 0 Å². The second-order valence-electron chi connectivity index (χ2n) is 9.11. The summed E-state index contributed by atoms with van der Waals surface area (Å²) in [5.74, 6) is -0.386. The molecule has 1 aromatic rings. The largest absolute Gasteiger partial charge is 0.433 e. The van der Waals surface area contributed by atoms with Crippen LogP contribution in [0, 0.1) is 5.92 Å². The van der Waals surface area contributed by atoms with Crippen molar-refractivity contribution < 1.29 is 23.9 Å². The molecule has 1 unspecified atom stereocenters. The lowest BCUT2D eigenvalue weighted by molar-refractivity contribution is -0.134. The molecule has 4 aliphatic rings. The number of rotatable bonds is 5. The first kappa shape index (κ1) is 24.1. The molecule has 0 aliphatic carbocycles. The highest BCUT2D eigenvalue weighted by Gasteiger charge is 2.47.